The monoisotopic (exact) mass is 367 g/mol. The number of ether oxygens (including phenoxy) is 2. The highest BCUT2D eigenvalue weighted by Crippen LogP contribution is 2.22. The number of methoxy groups -OCH3 is 1. The zero-order chi connectivity index (χ0) is 18.7. The summed E-state index contributed by atoms with van der Waals surface area (Å²) in [6.07, 6.45) is 2.30. The molecule has 138 valence electrons. The molecule has 1 aliphatic heterocycles. The van der Waals surface area contributed by atoms with E-state index in [9.17, 15) is 18.0 Å². The molecule has 1 amide bonds. The molecule has 0 aliphatic carbocycles. The molecule has 0 saturated carbocycles. The van der Waals surface area contributed by atoms with Crippen molar-refractivity contribution < 1.29 is 27.4 Å². The third kappa shape index (κ3) is 3.71. The van der Waals surface area contributed by atoms with Crippen molar-refractivity contribution in [2.45, 2.75) is 18.9 Å². The van der Waals surface area contributed by atoms with Gasteiger partial charge >= 0.3 is 6.01 Å². The Morgan fingerprint density at radius 3 is 2.58 bits per heavy atom. The van der Waals surface area contributed by atoms with Crippen LogP contribution in [-0.2, 0) is 0 Å². The van der Waals surface area contributed by atoms with Gasteiger partial charge in [0, 0.05) is 38.2 Å². The van der Waals surface area contributed by atoms with E-state index in [0.717, 1.165) is 12.1 Å². The molecule has 0 spiro atoms. The van der Waals surface area contributed by atoms with Crippen molar-refractivity contribution >= 4 is 5.91 Å². The van der Waals surface area contributed by atoms with Crippen LogP contribution < -0.4 is 9.47 Å². The number of likely N-dealkylation sites (tertiary alicyclic amines) is 1. The van der Waals surface area contributed by atoms with E-state index in [2.05, 4.69) is 9.97 Å². The third-order valence-corrected chi connectivity index (χ3v) is 4.07. The Kier molecular flexibility index (Phi) is 5.24. The predicted octanol–water partition coefficient (Wildman–Crippen LogP) is 2.59. The van der Waals surface area contributed by atoms with Crippen molar-refractivity contribution in [1.29, 1.82) is 0 Å². The molecule has 2 heterocycles. The van der Waals surface area contributed by atoms with Crippen LogP contribution in [0.2, 0.25) is 0 Å². The summed E-state index contributed by atoms with van der Waals surface area (Å²) in [4.78, 5) is 21.7. The third-order valence-electron chi connectivity index (χ3n) is 4.07. The minimum absolute atomic E-state index is 0.184. The van der Waals surface area contributed by atoms with Crippen LogP contribution in [0, 0.1) is 17.5 Å². The first-order valence-electron chi connectivity index (χ1n) is 7.96. The van der Waals surface area contributed by atoms with Gasteiger partial charge in [0.05, 0.1) is 12.7 Å². The highest BCUT2D eigenvalue weighted by molar-refractivity contribution is 5.94. The van der Waals surface area contributed by atoms with E-state index in [0.29, 0.717) is 31.8 Å². The summed E-state index contributed by atoms with van der Waals surface area (Å²) in [5.41, 5.74) is -0.483. The molecule has 1 aromatic carbocycles. The van der Waals surface area contributed by atoms with Crippen LogP contribution >= 0.6 is 0 Å². The number of carbonyl (C=O) groups excluding carboxylic acids is 1. The first-order chi connectivity index (χ1) is 12.5. The number of aromatic nitrogens is 2. The van der Waals surface area contributed by atoms with Crippen LogP contribution in [0.15, 0.2) is 24.4 Å². The molecule has 2 aromatic rings. The molecular formula is C17H16F3N3O3. The Bertz CT molecular complexity index is 811. The molecular weight excluding hydrogens is 351 g/mol. The molecule has 1 saturated heterocycles. The van der Waals surface area contributed by atoms with Crippen molar-refractivity contribution in [1.82, 2.24) is 14.9 Å². The average molecular weight is 367 g/mol. The van der Waals surface area contributed by atoms with Gasteiger partial charge in [-0.05, 0) is 12.1 Å². The molecule has 0 bridgehead atoms. The topological polar surface area (TPSA) is 64.6 Å². The summed E-state index contributed by atoms with van der Waals surface area (Å²) < 4.78 is 50.8. The number of hydrogen-bond acceptors (Lipinski definition) is 5. The maximum atomic E-state index is 13.8. The van der Waals surface area contributed by atoms with Gasteiger partial charge in [0.25, 0.3) is 5.91 Å². The lowest BCUT2D eigenvalue weighted by Gasteiger charge is -2.32. The normalized spacial score (nSPS) is 15.0. The summed E-state index contributed by atoms with van der Waals surface area (Å²) in [6.45, 7) is 0.592. The zero-order valence-corrected chi connectivity index (χ0v) is 13.9. The molecule has 1 aromatic heterocycles. The fraction of sp³-hybridized carbons (Fsp3) is 0.353. The zero-order valence-electron chi connectivity index (χ0n) is 13.9. The minimum atomic E-state index is -1.65. The number of piperidine rings is 1. The van der Waals surface area contributed by atoms with Crippen LogP contribution in [-0.4, -0.2) is 47.1 Å². The molecule has 0 atom stereocenters. The fourth-order valence-electron chi connectivity index (χ4n) is 2.70. The molecule has 0 radical (unpaired) electrons. The number of halogens is 3. The lowest BCUT2D eigenvalue weighted by atomic mass is 10.1. The summed E-state index contributed by atoms with van der Waals surface area (Å²) >= 11 is 0. The number of nitrogens with zero attached hydrogens (tertiary/aromatic N) is 3. The number of rotatable bonds is 4. The Morgan fingerprint density at radius 1 is 1.15 bits per heavy atom. The van der Waals surface area contributed by atoms with Crippen LogP contribution in [0.1, 0.15) is 23.2 Å². The maximum absolute atomic E-state index is 13.8. The lowest BCUT2D eigenvalue weighted by molar-refractivity contribution is 0.0581. The average Bonchev–Trinajstić information content (AvgIpc) is 2.66. The largest absolute Gasteiger partial charge is 0.474 e. The van der Waals surface area contributed by atoms with E-state index in [4.69, 9.17) is 9.47 Å². The van der Waals surface area contributed by atoms with E-state index in [1.54, 1.807) is 6.07 Å². The Balaban J connectivity index is 1.61. The van der Waals surface area contributed by atoms with Crippen molar-refractivity contribution in [2.24, 2.45) is 0 Å². The van der Waals surface area contributed by atoms with Crippen molar-refractivity contribution in [3.05, 3.63) is 47.4 Å². The van der Waals surface area contributed by atoms with Gasteiger partial charge in [-0.1, -0.05) is 0 Å². The molecule has 1 aliphatic rings. The van der Waals surface area contributed by atoms with Gasteiger partial charge in [-0.2, -0.15) is 4.98 Å². The highest BCUT2D eigenvalue weighted by atomic mass is 19.2. The number of hydrogen-bond donors (Lipinski definition) is 0. The second-order valence-electron chi connectivity index (χ2n) is 5.71. The molecule has 26 heavy (non-hydrogen) atoms. The highest BCUT2D eigenvalue weighted by Gasteiger charge is 2.28. The van der Waals surface area contributed by atoms with E-state index >= 15 is 0 Å². The second kappa shape index (κ2) is 7.59. The van der Waals surface area contributed by atoms with Gasteiger partial charge in [0.2, 0.25) is 5.88 Å². The van der Waals surface area contributed by atoms with E-state index in [1.807, 2.05) is 0 Å². The van der Waals surface area contributed by atoms with Gasteiger partial charge in [0.15, 0.2) is 17.5 Å². The van der Waals surface area contributed by atoms with Gasteiger partial charge in [-0.15, -0.1) is 0 Å². The Hall–Kier alpha value is -2.84. The van der Waals surface area contributed by atoms with Crippen LogP contribution in [0.3, 0.4) is 0 Å². The van der Waals surface area contributed by atoms with Crippen LogP contribution in [0.4, 0.5) is 13.2 Å². The minimum Gasteiger partial charge on any atom is -0.474 e. The quantitative estimate of drug-likeness (QED) is 0.778. The van der Waals surface area contributed by atoms with Gasteiger partial charge in [-0.3, -0.25) is 4.79 Å². The first-order valence-corrected chi connectivity index (χ1v) is 7.96. The second-order valence-corrected chi connectivity index (χ2v) is 5.71. The maximum Gasteiger partial charge on any atom is 0.319 e. The molecule has 1 fully saturated rings. The summed E-state index contributed by atoms with van der Waals surface area (Å²) in [5, 5.41) is 0. The van der Waals surface area contributed by atoms with Gasteiger partial charge in [-0.25, -0.2) is 18.2 Å². The SMILES string of the molecule is COc1nccc(OC2CCN(C(=O)c3ccc(F)c(F)c3F)CC2)n1. The summed E-state index contributed by atoms with van der Waals surface area (Å²) in [6, 6.07) is 3.47. The van der Waals surface area contributed by atoms with Crippen molar-refractivity contribution in [2.75, 3.05) is 20.2 Å². The van der Waals surface area contributed by atoms with Gasteiger partial charge < -0.3 is 14.4 Å². The molecule has 3 rings (SSSR count). The number of amides is 1. The predicted molar refractivity (Wildman–Crippen MR) is 84.5 cm³/mol. The molecule has 6 nitrogen and oxygen atoms in total. The van der Waals surface area contributed by atoms with Crippen molar-refractivity contribution in [3.8, 4) is 11.9 Å². The Labute approximate surface area is 147 Å². The van der Waals surface area contributed by atoms with E-state index in [-0.39, 0.29) is 12.1 Å². The van der Waals surface area contributed by atoms with Gasteiger partial charge in [0.1, 0.15) is 6.10 Å². The number of benzene rings is 1. The molecule has 0 N–H and O–H groups in total. The summed E-state index contributed by atoms with van der Waals surface area (Å²) in [5.74, 6) is -4.77. The fourth-order valence-corrected chi connectivity index (χ4v) is 2.70. The smallest absolute Gasteiger partial charge is 0.319 e. The van der Waals surface area contributed by atoms with Crippen molar-refractivity contribution in [3.63, 3.8) is 0 Å². The Morgan fingerprint density at radius 2 is 1.88 bits per heavy atom. The first kappa shape index (κ1) is 18.0. The molecule has 9 heteroatoms. The van der Waals surface area contributed by atoms with E-state index < -0.39 is 28.9 Å². The summed E-state index contributed by atoms with van der Waals surface area (Å²) in [7, 11) is 1.45. The standard InChI is InChI=1S/C17H16F3N3O3/c1-25-17-21-7-4-13(22-17)26-10-5-8-23(9-6-10)16(24)11-2-3-12(18)15(20)14(11)19/h2-4,7,10H,5-6,8-9H2,1H3. The van der Waals surface area contributed by atoms with E-state index in [1.165, 1.54) is 18.2 Å². The van der Waals surface area contributed by atoms with Crippen LogP contribution in [0.25, 0.3) is 0 Å². The lowest BCUT2D eigenvalue weighted by Crippen LogP contribution is -2.42. The number of carbonyl (C=O) groups is 1. The van der Waals surface area contributed by atoms with Crippen LogP contribution in [0.5, 0.6) is 11.9 Å². The molecule has 0 unspecified atom stereocenters.